The van der Waals surface area contributed by atoms with E-state index in [1.54, 1.807) is 6.07 Å². The summed E-state index contributed by atoms with van der Waals surface area (Å²) in [6, 6.07) is 7.43. The summed E-state index contributed by atoms with van der Waals surface area (Å²) in [5.41, 5.74) is 1.71. The van der Waals surface area contributed by atoms with Crippen LogP contribution in [0.4, 0.5) is 5.69 Å². The first-order valence-corrected chi connectivity index (χ1v) is 4.27. The third kappa shape index (κ3) is 1.60. The van der Waals surface area contributed by atoms with Crippen molar-refractivity contribution in [2.75, 3.05) is 11.9 Å². The van der Waals surface area contributed by atoms with Crippen molar-refractivity contribution >= 4 is 22.5 Å². The van der Waals surface area contributed by atoms with Gasteiger partial charge in [-0.05, 0) is 24.3 Å². The number of hydrogen-bond donors (Lipinski definition) is 3. The number of aromatic nitrogens is 1. The molecule has 0 spiro atoms. The van der Waals surface area contributed by atoms with Gasteiger partial charge in [-0.3, -0.25) is 4.79 Å². The van der Waals surface area contributed by atoms with E-state index >= 15 is 0 Å². The van der Waals surface area contributed by atoms with E-state index in [2.05, 4.69) is 10.3 Å². The molecule has 0 atom stereocenters. The number of aliphatic hydroxyl groups is 1. The van der Waals surface area contributed by atoms with Crippen LogP contribution in [0.1, 0.15) is 0 Å². The Kier molecular flexibility index (Phi) is 2.20. The molecule has 4 nitrogen and oxygen atoms in total. The number of carbonyl (C=O) groups is 1. The molecule has 0 bridgehead atoms. The van der Waals surface area contributed by atoms with Gasteiger partial charge in [0, 0.05) is 22.8 Å². The molecule has 0 aliphatic heterocycles. The van der Waals surface area contributed by atoms with Crippen molar-refractivity contribution in [2.24, 2.45) is 0 Å². The second-order valence-corrected chi connectivity index (χ2v) is 2.99. The first kappa shape index (κ1) is 8.77. The quantitative estimate of drug-likeness (QED) is 0.663. The van der Waals surface area contributed by atoms with Crippen LogP contribution in [0.25, 0.3) is 10.9 Å². The third-order valence-electron chi connectivity index (χ3n) is 1.98. The van der Waals surface area contributed by atoms with Crippen LogP contribution >= 0.6 is 0 Å². The average molecular weight is 190 g/mol. The van der Waals surface area contributed by atoms with Gasteiger partial charge in [-0.2, -0.15) is 0 Å². The Bertz CT molecular complexity index is 462. The highest BCUT2D eigenvalue weighted by Crippen LogP contribution is 2.17. The number of carbonyl (C=O) groups excluding carboxylic acids is 1. The monoisotopic (exact) mass is 190 g/mol. The van der Waals surface area contributed by atoms with Crippen molar-refractivity contribution in [3.05, 3.63) is 30.5 Å². The predicted molar refractivity (Wildman–Crippen MR) is 54.0 cm³/mol. The van der Waals surface area contributed by atoms with Crippen molar-refractivity contribution in [3.63, 3.8) is 0 Å². The fourth-order valence-corrected chi connectivity index (χ4v) is 1.33. The topological polar surface area (TPSA) is 65.1 Å². The molecular weight excluding hydrogens is 180 g/mol. The van der Waals surface area contributed by atoms with Gasteiger partial charge in [-0.25, -0.2) is 0 Å². The zero-order chi connectivity index (χ0) is 9.97. The molecule has 0 fully saturated rings. The van der Waals surface area contributed by atoms with E-state index in [4.69, 9.17) is 5.11 Å². The summed E-state index contributed by atoms with van der Waals surface area (Å²) >= 11 is 0. The SMILES string of the molecule is O=C(CO)Nc1ccc2[nH]ccc2c1. The minimum atomic E-state index is -0.495. The van der Waals surface area contributed by atoms with Crippen LogP contribution in [0.5, 0.6) is 0 Å². The molecule has 3 N–H and O–H groups in total. The van der Waals surface area contributed by atoms with E-state index in [1.807, 2.05) is 24.4 Å². The lowest BCUT2D eigenvalue weighted by Gasteiger charge is -2.02. The highest BCUT2D eigenvalue weighted by Gasteiger charge is 2.00. The largest absolute Gasteiger partial charge is 0.387 e. The summed E-state index contributed by atoms with van der Waals surface area (Å²) in [5, 5.41) is 12.2. The molecule has 0 unspecified atom stereocenters. The van der Waals surface area contributed by atoms with Crippen LogP contribution in [-0.2, 0) is 4.79 Å². The van der Waals surface area contributed by atoms with Crippen LogP contribution in [0, 0.1) is 0 Å². The molecule has 72 valence electrons. The minimum absolute atomic E-state index is 0.403. The van der Waals surface area contributed by atoms with E-state index in [-0.39, 0.29) is 0 Å². The van der Waals surface area contributed by atoms with Crippen LogP contribution in [0.2, 0.25) is 0 Å². The van der Waals surface area contributed by atoms with E-state index in [0.29, 0.717) is 5.69 Å². The van der Waals surface area contributed by atoms with Crippen molar-refractivity contribution in [3.8, 4) is 0 Å². The standard InChI is InChI=1S/C10H10N2O2/c13-6-10(14)12-8-1-2-9-7(5-8)3-4-11-9/h1-5,11,13H,6H2,(H,12,14). The summed E-state index contributed by atoms with van der Waals surface area (Å²) < 4.78 is 0. The lowest BCUT2D eigenvalue weighted by atomic mass is 10.2. The van der Waals surface area contributed by atoms with E-state index in [1.165, 1.54) is 0 Å². The first-order valence-electron chi connectivity index (χ1n) is 4.27. The Morgan fingerprint density at radius 2 is 2.29 bits per heavy atom. The number of rotatable bonds is 2. The lowest BCUT2D eigenvalue weighted by Crippen LogP contribution is -2.15. The summed E-state index contributed by atoms with van der Waals surface area (Å²) in [7, 11) is 0. The fraction of sp³-hybridized carbons (Fsp3) is 0.100. The number of anilines is 1. The van der Waals surface area contributed by atoms with Gasteiger partial charge in [0.1, 0.15) is 6.61 Å². The van der Waals surface area contributed by atoms with Crippen molar-refractivity contribution in [1.29, 1.82) is 0 Å². The molecule has 4 heteroatoms. The highest BCUT2D eigenvalue weighted by molar-refractivity contribution is 5.94. The van der Waals surface area contributed by atoms with E-state index in [9.17, 15) is 4.79 Å². The van der Waals surface area contributed by atoms with Gasteiger partial charge < -0.3 is 15.4 Å². The maximum atomic E-state index is 10.9. The molecule has 0 aliphatic rings. The summed E-state index contributed by atoms with van der Waals surface area (Å²) in [6.45, 7) is -0.495. The third-order valence-corrected chi connectivity index (χ3v) is 1.98. The smallest absolute Gasteiger partial charge is 0.250 e. The van der Waals surface area contributed by atoms with Crippen molar-refractivity contribution < 1.29 is 9.90 Å². The molecule has 14 heavy (non-hydrogen) atoms. The van der Waals surface area contributed by atoms with Crippen molar-refractivity contribution in [2.45, 2.75) is 0 Å². The van der Waals surface area contributed by atoms with Crippen LogP contribution in [-0.4, -0.2) is 22.6 Å². The zero-order valence-electron chi connectivity index (χ0n) is 7.45. The Morgan fingerprint density at radius 1 is 1.43 bits per heavy atom. The first-order chi connectivity index (χ1) is 6.79. The molecule has 0 saturated carbocycles. The number of fused-ring (bicyclic) bond motifs is 1. The van der Waals surface area contributed by atoms with Crippen LogP contribution in [0.3, 0.4) is 0 Å². The summed E-state index contributed by atoms with van der Waals surface area (Å²) in [5.74, 6) is -0.403. The molecule has 2 aromatic rings. The molecule has 1 heterocycles. The molecule has 0 saturated heterocycles. The average Bonchev–Trinajstić information content (AvgIpc) is 2.64. The number of aromatic amines is 1. The van der Waals surface area contributed by atoms with Crippen LogP contribution in [0.15, 0.2) is 30.5 Å². The fourth-order valence-electron chi connectivity index (χ4n) is 1.33. The van der Waals surface area contributed by atoms with Crippen molar-refractivity contribution in [1.82, 2.24) is 4.98 Å². The van der Waals surface area contributed by atoms with Gasteiger partial charge in [0.2, 0.25) is 5.91 Å². The van der Waals surface area contributed by atoms with Gasteiger partial charge in [0.05, 0.1) is 0 Å². The Morgan fingerprint density at radius 3 is 3.07 bits per heavy atom. The Labute approximate surface area is 80.6 Å². The highest BCUT2D eigenvalue weighted by atomic mass is 16.3. The molecular formula is C10H10N2O2. The maximum absolute atomic E-state index is 10.9. The predicted octanol–water partition coefficient (Wildman–Crippen LogP) is 1.10. The number of hydrogen-bond acceptors (Lipinski definition) is 2. The summed E-state index contributed by atoms with van der Waals surface area (Å²) in [4.78, 5) is 13.9. The van der Waals surface area contributed by atoms with Gasteiger partial charge >= 0.3 is 0 Å². The van der Waals surface area contributed by atoms with Gasteiger partial charge in [-0.15, -0.1) is 0 Å². The zero-order valence-corrected chi connectivity index (χ0v) is 7.45. The normalized spacial score (nSPS) is 10.4. The van der Waals surface area contributed by atoms with Gasteiger partial charge in [0.25, 0.3) is 0 Å². The molecule has 0 radical (unpaired) electrons. The molecule has 1 aromatic heterocycles. The number of amides is 1. The number of benzene rings is 1. The molecule has 1 aromatic carbocycles. The second-order valence-electron chi connectivity index (χ2n) is 2.99. The van der Waals surface area contributed by atoms with E-state index < -0.39 is 12.5 Å². The summed E-state index contributed by atoms with van der Waals surface area (Å²) in [6.07, 6.45) is 1.84. The molecule has 1 amide bonds. The Hall–Kier alpha value is -1.81. The van der Waals surface area contributed by atoms with Gasteiger partial charge in [-0.1, -0.05) is 0 Å². The minimum Gasteiger partial charge on any atom is -0.387 e. The van der Waals surface area contributed by atoms with E-state index in [0.717, 1.165) is 10.9 Å². The molecule has 0 aliphatic carbocycles. The number of nitrogens with one attached hydrogen (secondary N) is 2. The molecule has 2 rings (SSSR count). The van der Waals surface area contributed by atoms with Crippen LogP contribution < -0.4 is 5.32 Å². The second kappa shape index (κ2) is 3.51. The number of H-pyrrole nitrogens is 1. The Balaban J connectivity index is 2.30. The van der Waals surface area contributed by atoms with Gasteiger partial charge in [0.15, 0.2) is 0 Å². The number of aliphatic hydroxyl groups excluding tert-OH is 1. The lowest BCUT2D eigenvalue weighted by molar-refractivity contribution is -0.118. The maximum Gasteiger partial charge on any atom is 0.250 e.